The van der Waals surface area contributed by atoms with Crippen molar-refractivity contribution in [3.8, 4) is 0 Å². The van der Waals surface area contributed by atoms with Crippen LogP contribution in [0.2, 0.25) is 0 Å². The number of amides is 2. The largest absolute Gasteiger partial charge is 0.365 e. The summed E-state index contributed by atoms with van der Waals surface area (Å²) >= 11 is 0. The van der Waals surface area contributed by atoms with Gasteiger partial charge in [0.1, 0.15) is 18.1 Å². The van der Waals surface area contributed by atoms with E-state index in [0.29, 0.717) is 25.1 Å². The molecule has 4 N–H and O–H groups in total. The maximum Gasteiger partial charge on any atom is 0.239 e. The highest BCUT2D eigenvalue weighted by molar-refractivity contribution is 5.85. The van der Waals surface area contributed by atoms with Crippen molar-refractivity contribution < 1.29 is 18.8 Å². The normalized spacial score (nSPS) is 13.0. The van der Waals surface area contributed by atoms with Gasteiger partial charge in [-0.15, -0.1) is 0 Å². The van der Waals surface area contributed by atoms with Crippen LogP contribution in [0.25, 0.3) is 0 Å². The Bertz CT molecular complexity index is 850. The number of rotatable bonds is 10. The van der Waals surface area contributed by atoms with E-state index in [1.54, 1.807) is 13.8 Å². The average Bonchev–Trinajstić information content (AvgIpc) is 3.13. The highest BCUT2D eigenvalue weighted by atomic mass is 16.5. The molecule has 31 heavy (non-hydrogen) atoms. The zero-order valence-electron chi connectivity index (χ0n) is 19.0. The molecule has 2 amide bonds. The molecule has 0 aliphatic heterocycles. The monoisotopic (exact) mass is 430 g/mol. The number of nitrogens with two attached hydrogens (primary N) is 1. The minimum atomic E-state index is -1.01. The Kier molecular flexibility index (Phi) is 8.36. The quantitative estimate of drug-likeness (QED) is 0.533. The zero-order chi connectivity index (χ0) is 23.1. The van der Waals surface area contributed by atoms with Gasteiger partial charge in [-0.2, -0.15) is 0 Å². The molecule has 1 aromatic carbocycles. The first kappa shape index (κ1) is 24.6. The number of hydrogen-bond acceptors (Lipinski definition) is 6. The zero-order valence-corrected chi connectivity index (χ0v) is 19.0. The third-order valence-electron chi connectivity index (χ3n) is 4.44. The van der Waals surface area contributed by atoms with Gasteiger partial charge in [-0.1, -0.05) is 35.5 Å². The van der Waals surface area contributed by atoms with Crippen molar-refractivity contribution in [2.45, 2.75) is 71.2 Å². The highest BCUT2D eigenvalue weighted by Gasteiger charge is 2.26. The van der Waals surface area contributed by atoms with E-state index >= 15 is 0 Å². The molecule has 0 fully saturated rings. The predicted molar refractivity (Wildman–Crippen MR) is 118 cm³/mol. The van der Waals surface area contributed by atoms with Crippen molar-refractivity contribution >= 4 is 11.8 Å². The predicted octanol–water partition coefficient (Wildman–Crippen LogP) is 2.63. The van der Waals surface area contributed by atoms with E-state index in [-0.39, 0.29) is 23.9 Å². The summed E-state index contributed by atoms with van der Waals surface area (Å²) in [7, 11) is 0. The summed E-state index contributed by atoms with van der Waals surface area (Å²) in [4.78, 5) is 24.5. The molecule has 2 aromatic rings. The van der Waals surface area contributed by atoms with Crippen molar-refractivity contribution in [1.29, 1.82) is 0 Å². The standard InChI is InChI=1S/C23H34N4O4/c1-22(2,3)26-19(28)12-11-17-15-31-27-20(17)18(13-25-21(29)23(4,5)24)30-14-16-9-7-6-8-10-16/h6-10,15,18H,11-14,24H2,1-5H3,(H,25,29)(H,26,28). The molecular weight excluding hydrogens is 396 g/mol. The molecule has 0 aliphatic carbocycles. The van der Waals surface area contributed by atoms with Crippen LogP contribution >= 0.6 is 0 Å². The van der Waals surface area contributed by atoms with Gasteiger partial charge >= 0.3 is 0 Å². The number of aryl methyl sites for hydroxylation is 1. The van der Waals surface area contributed by atoms with E-state index in [1.165, 1.54) is 6.26 Å². The van der Waals surface area contributed by atoms with Crippen LogP contribution in [-0.4, -0.2) is 34.6 Å². The van der Waals surface area contributed by atoms with Crippen molar-refractivity contribution in [3.63, 3.8) is 0 Å². The number of benzene rings is 1. The second kappa shape index (κ2) is 10.5. The molecule has 1 unspecified atom stereocenters. The van der Waals surface area contributed by atoms with Crippen LogP contribution in [0, 0.1) is 0 Å². The minimum Gasteiger partial charge on any atom is -0.365 e. The molecule has 0 spiro atoms. The topological polar surface area (TPSA) is 119 Å². The molecule has 8 heteroatoms. The maximum absolute atomic E-state index is 12.3. The first-order valence-corrected chi connectivity index (χ1v) is 10.4. The van der Waals surface area contributed by atoms with Crippen LogP contribution in [0.5, 0.6) is 0 Å². The fraction of sp³-hybridized carbons (Fsp3) is 0.522. The molecule has 0 bridgehead atoms. The van der Waals surface area contributed by atoms with Crippen molar-refractivity contribution in [2.75, 3.05) is 6.54 Å². The summed E-state index contributed by atoms with van der Waals surface area (Å²) in [6.45, 7) is 9.60. The van der Waals surface area contributed by atoms with E-state index in [9.17, 15) is 9.59 Å². The van der Waals surface area contributed by atoms with Crippen LogP contribution in [0.1, 0.15) is 64.0 Å². The summed E-state index contributed by atoms with van der Waals surface area (Å²) in [5.74, 6) is -0.352. The molecule has 1 heterocycles. The summed E-state index contributed by atoms with van der Waals surface area (Å²) in [5, 5.41) is 9.87. The number of carbonyl (C=O) groups excluding carboxylic acids is 2. The second-order valence-corrected chi connectivity index (χ2v) is 9.24. The van der Waals surface area contributed by atoms with E-state index in [4.69, 9.17) is 15.0 Å². The lowest BCUT2D eigenvalue weighted by Gasteiger charge is -2.22. The minimum absolute atomic E-state index is 0.0559. The summed E-state index contributed by atoms with van der Waals surface area (Å²) < 4.78 is 11.3. The molecule has 1 aromatic heterocycles. The fourth-order valence-electron chi connectivity index (χ4n) is 2.87. The third kappa shape index (κ3) is 8.51. The van der Waals surface area contributed by atoms with Gasteiger partial charge in [-0.25, -0.2) is 0 Å². The number of nitrogens with zero attached hydrogens (tertiary/aromatic N) is 1. The van der Waals surface area contributed by atoms with Gasteiger partial charge in [0.2, 0.25) is 11.8 Å². The number of hydrogen-bond donors (Lipinski definition) is 3. The van der Waals surface area contributed by atoms with Gasteiger partial charge in [0.05, 0.1) is 12.1 Å². The Morgan fingerprint density at radius 1 is 1.16 bits per heavy atom. The summed E-state index contributed by atoms with van der Waals surface area (Å²) in [6, 6.07) is 9.71. The molecule has 8 nitrogen and oxygen atoms in total. The number of ether oxygens (including phenoxy) is 1. The second-order valence-electron chi connectivity index (χ2n) is 9.24. The molecule has 0 saturated carbocycles. The first-order valence-electron chi connectivity index (χ1n) is 10.4. The van der Waals surface area contributed by atoms with Crippen LogP contribution in [0.15, 0.2) is 41.1 Å². The van der Waals surface area contributed by atoms with Gasteiger partial charge in [0.25, 0.3) is 0 Å². The number of aromatic nitrogens is 1. The van der Waals surface area contributed by atoms with Gasteiger partial charge in [-0.05, 0) is 46.6 Å². The summed E-state index contributed by atoms with van der Waals surface area (Å²) in [5.41, 5.74) is 6.89. The van der Waals surface area contributed by atoms with E-state index in [2.05, 4.69) is 15.8 Å². The van der Waals surface area contributed by atoms with Gasteiger partial charge in [-0.3, -0.25) is 9.59 Å². The van der Waals surface area contributed by atoms with Crippen molar-refractivity contribution in [1.82, 2.24) is 15.8 Å². The van der Waals surface area contributed by atoms with E-state index < -0.39 is 11.6 Å². The van der Waals surface area contributed by atoms with Crippen molar-refractivity contribution in [2.24, 2.45) is 5.73 Å². The third-order valence-corrected chi connectivity index (χ3v) is 4.44. The Morgan fingerprint density at radius 3 is 2.45 bits per heavy atom. The molecule has 170 valence electrons. The van der Waals surface area contributed by atoms with Gasteiger partial charge in [0.15, 0.2) is 0 Å². The lowest BCUT2D eigenvalue weighted by Crippen LogP contribution is -2.50. The van der Waals surface area contributed by atoms with Crippen LogP contribution < -0.4 is 16.4 Å². The molecule has 0 radical (unpaired) electrons. The number of carbonyl (C=O) groups is 2. The molecule has 1 atom stereocenters. The SMILES string of the molecule is CC(C)(C)NC(=O)CCc1conc1C(CNC(=O)C(C)(C)N)OCc1ccccc1. The van der Waals surface area contributed by atoms with Crippen LogP contribution in [0.4, 0.5) is 0 Å². The first-order chi connectivity index (χ1) is 14.5. The van der Waals surface area contributed by atoms with E-state index in [0.717, 1.165) is 11.1 Å². The highest BCUT2D eigenvalue weighted by Crippen LogP contribution is 2.23. The molecular formula is C23H34N4O4. The Balaban J connectivity index is 2.10. The maximum atomic E-state index is 12.3. The lowest BCUT2D eigenvalue weighted by molar-refractivity contribution is -0.126. The van der Waals surface area contributed by atoms with Gasteiger partial charge in [0, 0.05) is 24.1 Å². The molecule has 0 aliphatic rings. The molecule has 0 saturated heterocycles. The average molecular weight is 431 g/mol. The Labute approximate surface area is 183 Å². The smallest absolute Gasteiger partial charge is 0.239 e. The summed E-state index contributed by atoms with van der Waals surface area (Å²) in [6.07, 6.45) is 1.71. The van der Waals surface area contributed by atoms with E-state index in [1.807, 2.05) is 51.1 Å². The Hall–Kier alpha value is -2.71. The van der Waals surface area contributed by atoms with Crippen molar-refractivity contribution in [3.05, 3.63) is 53.4 Å². The van der Waals surface area contributed by atoms with Gasteiger partial charge < -0.3 is 25.6 Å². The Morgan fingerprint density at radius 2 is 1.84 bits per heavy atom. The van der Waals surface area contributed by atoms with Crippen LogP contribution in [-0.2, 0) is 27.4 Å². The number of nitrogens with one attached hydrogen (secondary N) is 2. The lowest BCUT2D eigenvalue weighted by atomic mass is 10.0. The van der Waals surface area contributed by atoms with Crippen LogP contribution in [0.3, 0.4) is 0 Å². The molecule has 2 rings (SSSR count). The fourth-order valence-corrected chi connectivity index (χ4v) is 2.87.